The number of carboxylic acid groups (broad SMARTS) is 1. The summed E-state index contributed by atoms with van der Waals surface area (Å²) in [5.74, 6) is -2.34. The summed E-state index contributed by atoms with van der Waals surface area (Å²) in [6, 6.07) is 6.01. The Kier molecular flexibility index (Phi) is 5.10. The summed E-state index contributed by atoms with van der Waals surface area (Å²) in [4.78, 5) is 24.5. The van der Waals surface area contributed by atoms with Crippen LogP contribution in [0, 0.1) is 19.8 Å². The van der Waals surface area contributed by atoms with E-state index < -0.39 is 11.9 Å². The van der Waals surface area contributed by atoms with Crippen molar-refractivity contribution < 1.29 is 14.7 Å². The number of hydrogen-bond donors (Lipinski definition) is 1. The molecule has 4 heteroatoms. The van der Waals surface area contributed by atoms with E-state index in [4.69, 9.17) is 5.11 Å². The molecule has 1 atom stereocenters. The molecule has 0 bridgehead atoms. The van der Waals surface area contributed by atoms with Gasteiger partial charge < -0.3 is 10.0 Å². The minimum absolute atomic E-state index is 0.311. The molecule has 1 aromatic rings. The molecule has 0 radical (unpaired) electrons. The third-order valence-corrected chi connectivity index (χ3v) is 3.37. The maximum absolute atomic E-state index is 12.0. The van der Waals surface area contributed by atoms with Crippen LogP contribution in [0.1, 0.15) is 30.0 Å². The lowest BCUT2D eigenvalue weighted by atomic mass is 10.0. The number of carbonyl (C=O) groups excluding carboxylic acids is 1. The van der Waals surface area contributed by atoms with Crippen LogP contribution in [0.25, 0.3) is 0 Å². The van der Waals surface area contributed by atoms with Gasteiger partial charge in [-0.1, -0.05) is 25.1 Å². The Morgan fingerprint density at radius 2 is 1.89 bits per heavy atom. The summed E-state index contributed by atoms with van der Waals surface area (Å²) < 4.78 is 0. The minimum atomic E-state index is -1.06. The van der Waals surface area contributed by atoms with E-state index in [1.807, 2.05) is 32.0 Å². The first-order valence-corrected chi connectivity index (χ1v) is 6.40. The van der Waals surface area contributed by atoms with Crippen molar-refractivity contribution in [3.8, 4) is 0 Å². The van der Waals surface area contributed by atoms with Gasteiger partial charge in [-0.2, -0.15) is 0 Å². The van der Waals surface area contributed by atoms with E-state index in [-0.39, 0.29) is 5.91 Å². The molecule has 1 aromatic carbocycles. The van der Waals surface area contributed by atoms with Crippen molar-refractivity contribution in [1.82, 2.24) is 4.90 Å². The monoisotopic (exact) mass is 263 g/mol. The van der Waals surface area contributed by atoms with Gasteiger partial charge >= 0.3 is 5.97 Å². The molecule has 1 amide bonds. The molecule has 104 valence electrons. The van der Waals surface area contributed by atoms with Gasteiger partial charge in [0.15, 0.2) is 0 Å². The van der Waals surface area contributed by atoms with Crippen LogP contribution in [-0.4, -0.2) is 28.9 Å². The second-order valence-electron chi connectivity index (χ2n) is 4.91. The Morgan fingerprint density at radius 1 is 1.26 bits per heavy atom. The van der Waals surface area contributed by atoms with E-state index in [2.05, 4.69) is 0 Å². The molecule has 1 unspecified atom stereocenters. The number of carbonyl (C=O) groups is 2. The highest BCUT2D eigenvalue weighted by atomic mass is 16.4. The smallest absolute Gasteiger partial charge is 0.316 e. The summed E-state index contributed by atoms with van der Waals surface area (Å²) >= 11 is 0. The minimum Gasteiger partial charge on any atom is -0.481 e. The lowest BCUT2D eigenvalue weighted by Gasteiger charge is -2.21. The molecular formula is C15H21NO3. The van der Waals surface area contributed by atoms with E-state index in [1.54, 1.807) is 14.0 Å². The topological polar surface area (TPSA) is 57.6 Å². The maximum Gasteiger partial charge on any atom is 0.316 e. The van der Waals surface area contributed by atoms with E-state index in [0.717, 1.165) is 5.56 Å². The summed E-state index contributed by atoms with van der Waals surface area (Å²) in [6.45, 7) is 6.20. The summed E-state index contributed by atoms with van der Waals surface area (Å²) in [7, 11) is 1.64. The first-order valence-electron chi connectivity index (χ1n) is 6.40. The first-order chi connectivity index (χ1) is 8.86. The Morgan fingerprint density at radius 3 is 2.37 bits per heavy atom. The summed E-state index contributed by atoms with van der Waals surface area (Å²) in [5, 5.41) is 8.99. The maximum atomic E-state index is 12.0. The van der Waals surface area contributed by atoms with E-state index >= 15 is 0 Å². The second-order valence-corrected chi connectivity index (χ2v) is 4.91. The largest absolute Gasteiger partial charge is 0.481 e. The zero-order valence-corrected chi connectivity index (χ0v) is 11.9. The predicted molar refractivity (Wildman–Crippen MR) is 73.8 cm³/mol. The Balaban J connectivity index is 2.78. The molecule has 1 rings (SSSR count). The van der Waals surface area contributed by atoms with Crippen LogP contribution in [-0.2, 0) is 16.1 Å². The Hall–Kier alpha value is -1.84. The zero-order chi connectivity index (χ0) is 14.6. The normalized spacial score (nSPS) is 12.0. The molecule has 0 aromatic heterocycles. The van der Waals surface area contributed by atoms with Gasteiger partial charge in [-0.05, 0) is 37.0 Å². The van der Waals surface area contributed by atoms with Crippen molar-refractivity contribution in [2.45, 2.75) is 33.7 Å². The molecule has 0 fully saturated rings. The summed E-state index contributed by atoms with van der Waals surface area (Å²) in [6.07, 6.45) is 0.311. The van der Waals surface area contributed by atoms with Crippen molar-refractivity contribution in [2.75, 3.05) is 7.05 Å². The molecule has 1 N–H and O–H groups in total. The van der Waals surface area contributed by atoms with Crippen LogP contribution in [0.4, 0.5) is 0 Å². The Bertz CT molecular complexity index is 482. The van der Waals surface area contributed by atoms with Crippen LogP contribution in [0.5, 0.6) is 0 Å². The summed E-state index contributed by atoms with van der Waals surface area (Å²) in [5.41, 5.74) is 3.39. The van der Waals surface area contributed by atoms with Gasteiger partial charge in [0.25, 0.3) is 0 Å². The fraction of sp³-hybridized carbons (Fsp3) is 0.467. The Labute approximate surface area is 114 Å². The first kappa shape index (κ1) is 15.2. The average molecular weight is 263 g/mol. The van der Waals surface area contributed by atoms with E-state index in [1.165, 1.54) is 16.0 Å². The van der Waals surface area contributed by atoms with E-state index in [9.17, 15) is 9.59 Å². The number of hydrogen-bond acceptors (Lipinski definition) is 2. The fourth-order valence-corrected chi connectivity index (χ4v) is 1.97. The highest BCUT2D eigenvalue weighted by molar-refractivity contribution is 5.96. The molecule has 0 heterocycles. The molecule has 0 aliphatic heterocycles. The molecule has 0 aliphatic rings. The lowest BCUT2D eigenvalue weighted by Crippen LogP contribution is -2.36. The fourth-order valence-electron chi connectivity index (χ4n) is 1.97. The molecule has 0 saturated carbocycles. The quantitative estimate of drug-likeness (QED) is 0.830. The van der Waals surface area contributed by atoms with Gasteiger partial charge in [-0.15, -0.1) is 0 Å². The third kappa shape index (κ3) is 3.81. The molecular weight excluding hydrogens is 242 g/mol. The van der Waals surface area contributed by atoms with Gasteiger partial charge in [-0.3, -0.25) is 9.59 Å². The number of benzene rings is 1. The molecule has 0 spiro atoms. The van der Waals surface area contributed by atoms with Crippen LogP contribution in [0.15, 0.2) is 18.2 Å². The number of aliphatic carboxylic acids is 1. The van der Waals surface area contributed by atoms with Crippen molar-refractivity contribution in [2.24, 2.45) is 5.92 Å². The second kappa shape index (κ2) is 6.36. The highest BCUT2D eigenvalue weighted by Gasteiger charge is 2.26. The van der Waals surface area contributed by atoms with Crippen LogP contribution >= 0.6 is 0 Å². The predicted octanol–water partition coefficient (Wildman–Crippen LogP) is 2.37. The van der Waals surface area contributed by atoms with Crippen LogP contribution < -0.4 is 0 Å². The number of carboxylic acids is 1. The number of nitrogens with zero attached hydrogens (tertiary/aromatic N) is 1. The van der Waals surface area contributed by atoms with Gasteiger partial charge in [0.1, 0.15) is 5.92 Å². The molecule has 4 nitrogen and oxygen atoms in total. The number of amides is 1. The molecule has 0 aliphatic carbocycles. The van der Waals surface area contributed by atoms with Crippen molar-refractivity contribution in [1.29, 1.82) is 0 Å². The number of rotatable bonds is 5. The highest BCUT2D eigenvalue weighted by Crippen LogP contribution is 2.14. The van der Waals surface area contributed by atoms with Crippen molar-refractivity contribution in [3.05, 3.63) is 34.9 Å². The van der Waals surface area contributed by atoms with Gasteiger partial charge in [0.05, 0.1) is 0 Å². The van der Waals surface area contributed by atoms with E-state index in [0.29, 0.717) is 13.0 Å². The molecule has 0 saturated heterocycles. The zero-order valence-electron chi connectivity index (χ0n) is 11.9. The van der Waals surface area contributed by atoms with Crippen molar-refractivity contribution in [3.63, 3.8) is 0 Å². The number of aryl methyl sites for hydroxylation is 2. The van der Waals surface area contributed by atoms with Crippen LogP contribution in [0.3, 0.4) is 0 Å². The average Bonchev–Trinajstić information content (AvgIpc) is 2.34. The van der Waals surface area contributed by atoms with Crippen molar-refractivity contribution >= 4 is 11.9 Å². The van der Waals surface area contributed by atoms with Gasteiger partial charge in [0.2, 0.25) is 5.91 Å². The van der Waals surface area contributed by atoms with Gasteiger partial charge in [0, 0.05) is 13.6 Å². The van der Waals surface area contributed by atoms with Gasteiger partial charge in [-0.25, -0.2) is 0 Å². The molecule has 19 heavy (non-hydrogen) atoms. The third-order valence-electron chi connectivity index (χ3n) is 3.37. The SMILES string of the molecule is CCC(C(=O)O)C(=O)N(C)Cc1ccc(C)c(C)c1. The van der Waals surface area contributed by atoms with Crippen LogP contribution in [0.2, 0.25) is 0 Å². The lowest BCUT2D eigenvalue weighted by molar-refractivity contribution is -0.150. The standard InChI is InChI=1S/C15H21NO3/c1-5-13(15(18)19)14(17)16(4)9-12-7-6-10(2)11(3)8-12/h6-8,13H,5,9H2,1-4H3,(H,18,19).